The number of rotatable bonds is 3. The van der Waals surface area contributed by atoms with Crippen molar-refractivity contribution >= 4 is 11.6 Å². The summed E-state index contributed by atoms with van der Waals surface area (Å²) in [5.41, 5.74) is 1.61. The molecule has 8 heteroatoms. The van der Waals surface area contributed by atoms with E-state index in [1.807, 2.05) is 0 Å². The Balaban J connectivity index is 1.91. The first-order valence-electron chi connectivity index (χ1n) is 7.95. The number of anilines is 1. The lowest BCUT2D eigenvalue weighted by Crippen LogP contribution is -2.28. The Morgan fingerprint density at radius 1 is 1.00 bits per heavy atom. The SMILES string of the molecule is Cc1ccc(-c2cncnc2)nc1C(=O)N(C)c1ccc(C(F)(F)F)cc1. The summed E-state index contributed by atoms with van der Waals surface area (Å²) in [5, 5.41) is 0. The summed E-state index contributed by atoms with van der Waals surface area (Å²) in [6.07, 6.45) is 0.129. The average molecular weight is 372 g/mol. The van der Waals surface area contributed by atoms with Crippen LogP contribution in [-0.2, 0) is 6.18 Å². The van der Waals surface area contributed by atoms with Gasteiger partial charge in [-0.05, 0) is 42.8 Å². The van der Waals surface area contributed by atoms with Crippen LogP contribution in [0.5, 0.6) is 0 Å². The van der Waals surface area contributed by atoms with E-state index in [4.69, 9.17) is 0 Å². The highest BCUT2D eigenvalue weighted by Crippen LogP contribution is 2.30. The molecule has 0 atom stereocenters. The van der Waals surface area contributed by atoms with Crippen LogP contribution in [0.15, 0.2) is 55.1 Å². The molecule has 3 aromatic rings. The van der Waals surface area contributed by atoms with Gasteiger partial charge in [0.1, 0.15) is 12.0 Å². The minimum Gasteiger partial charge on any atom is -0.310 e. The van der Waals surface area contributed by atoms with Crippen LogP contribution in [0.3, 0.4) is 0 Å². The molecule has 0 radical (unpaired) electrons. The zero-order valence-electron chi connectivity index (χ0n) is 14.5. The van der Waals surface area contributed by atoms with Crippen molar-refractivity contribution in [2.24, 2.45) is 0 Å². The van der Waals surface area contributed by atoms with Crippen LogP contribution in [0.2, 0.25) is 0 Å². The van der Waals surface area contributed by atoms with E-state index in [0.29, 0.717) is 22.5 Å². The van der Waals surface area contributed by atoms with E-state index in [1.54, 1.807) is 31.5 Å². The molecule has 0 aliphatic carbocycles. The van der Waals surface area contributed by atoms with Crippen molar-refractivity contribution < 1.29 is 18.0 Å². The van der Waals surface area contributed by atoms with E-state index in [9.17, 15) is 18.0 Å². The number of halogens is 3. The van der Waals surface area contributed by atoms with Gasteiger partial charge < -0.3 is 4.90 Å². The van der Waals surface area contributed by atoms with Crippen molar-refractivity contribution in [3.8, 4) is 11.3 Å². The van der Waals surface area contributed by atoms with Gasteiger partial charge in [0, 0.05) is 30.7 Å². The molecule has 5 nitrogen and oxygen atoms in total. The molecule has 0 saturated heterocycles. The largest absolute Gasteiger partial charge is 0.416 e. The molecule has 0 aliphatic rings. The number of carbonyl (C=O) groups excluding carboxylic acids is 1. The predicted molar refractivity (Wildman–Crippen MR) is 94.2 cm³/mol. The summed E-state index contributed by atoms with van der Waals surface area (Å²) in [5.74, 6) is -0.425. The van der Waals surface area contributed by atoms with Crippen molar-refractivity contribution in [3.05, 3.63) is 71.9 Å². The molecule has 1 aromatic carbocycles. The van der Waals surface area contributed by atoms with E-state index in [-0.39, 0.29) is 5.69 Å². The van der Waals surface area contributed by atoms with Crippen molar-refractivity contribution in [1.82, 2.24) is 15.0 Å². The number of hydrogen-bond acceptors (Lipinski definition) is 4. The molecule has 0 aliphatic heterocycles. The summed E-state index contributed by atoms with van der Waals surface area (Å²) in [4.78, 5) is 26.4. The fourth-order valence-corrected chi connectivity index (χ4v) is 2.49. The zero-order valence-corrected chi connectivity index (χ0v) is 14.5. The molecule has 1 amide bonds. The molecule has 3 rings (SSSR count). The van der Waals surface area contributed by atoms with Crippen LogP contribution in [0.4, 0.5) is 18.9 Å². The third kappa shape index (κ3) is 3.94. The molecule has 0 unspecified atom stereocenters. The molecule has 138 valence electrons. The van der Waals surface area contributed by atoms with Gasteiger partial charge in [0.2, 0.25) is 0 Å². The maximum atomic E-state index is 12.8. The summed E-state index contributed by atoms with van der Waals surface area (Å²) in [6.45, 7) is 1.74. The van der Waals surface area contributed by atoms with Gasteiger partial charge in [-0.25, -0.2) is 15.0 Å². The Morgan fingerprint density at radius 3 is 2.22 bits per heavy atom. The number of carbonyl (C=O) groups is 1. The van der Waals surface area contributed by atoms with Crippen LogP contribution in [0.1, 0.15) is 21.6 Å². The van der Waals surface area contributed by atoms with Gasteiger partial charge in [-0.3, -0.25) is 4.79 Å². The van der Waals surface area contributed by atoms with Crippen LogP contribution < -0.4 is 4.90 Å². The summed E-state index contributed by atoms with van der Waals surface area (Å²) >= 11 is 0. The highest BCUT2D eigenvalue weighted by atomic mass is 19.4. The van der Waals surface area contributed by atoms with Crippen molar-refractivity contribution in [3.63, 3.8) is 0 Å². The number of aryl methyl sites for hydroxylation is 1. The van der Waals surface area contributed by atoms with E-state index in [1.165, 1.54) is 30.4 Å². The maximum absolute atomic E-state index is 12.8. The van der Waals surface area contributed by atoms with Crippen LogP contribution in [0.25, 0.3) is 11.3 Å². The van der Waals surface area contributed by atoms with Crippen molar-refractivity contribution in [2.75, 3.05) is 11.9 Å². The van der Waals surface area contributed by atoms with Crippen molar-refractivity contribution in [2.45, 2.75) is 13.1 Å². The van der Waals surface area contributed by atoms with Gasteiger partial charge in [-0.15, -0.1) is 0 Å². The van der Waals surface area contributed by atoms with Crippen LogP contribution in [-0.4, -0.2) is 27.9 Å². The summed E-state index contributed by atoms with van der Waals surface area (Å²) in [6, 6.07) is 7.90. The second kappa shape index (κ2) is 7.14. The number of hydrogen-bond donors (Lipinski definition) is 0. The Hall–Kier alpha value is -3.29. The van der Waals surface area contributed by atoms with E-state index >= 15 is 0 Å². The predicted octanol–water partition coefficient (Wildman–Crippen LogP) is 4.14. The molecule has 0 spiro atoms. The molecular formula is C19H15F3N4O. The summed E-state index contributed by atoms with van der Waals surface area (Å²) < 4.78 is 38.1. The molecule has 27 heavy (non-hydrogen) atoms. The standard InChI is InChI=1S/C19H15F3N4O/c1-12-3-8-16(13-9-23-11-24-10-13)25-17(12)18(27)26(2)15-6-4-14(5-7-15)19(20,21)22/h3-11H,1-2H3. The first-order valence-corrected chi connectivity index (χ1v) is 7.95. The van der Waals surface area contributed by atoms with E-state index in [0.717, 1.165) is 12.1 Å². The number of amides is 1. The lowest BCUT2D eigenvalue weighted by Gasteiger charge is -2.19. The molecule has 0 N–H and O–H groups in total. The quantitative estimate of drug-likeness (QED) is 0.693. The van der Waals surface area contributed by atoms with Gasteiger partial charge in [-0.1, -0.05) is 6.07 Å². The van der Waals surface area contributed by atoms with Crippen molar-refractivity contribution in [1.29, 1.82) is 0 Å². The molecule has 0 bridgehead atoms. The second-order valence-corrected chi connectivity index (χ2v) is 5.90. The van der Waals surface area contributed by atoms with E-state index in [2.05, 4.69) is 15.0 Å². The van der Waals surface area contributed by atoms with Gasteiger partial charge in [0.05, 0.1) is 11.3 Å². The topological polar surface area (TPSA) is 59.0 Å². The highest BCUT2D eigenvalue weighted by molar-refractivity contribution is 6.05. The minimum atomic E-state index is -4.43. The Bertz CT molecular complexity index is 957. The number of pyridine rings is 1. The summed E-state index contributed by atoms with van der Waals surface area (Å²) in [7, 11) is 1.49. The third-order valence-electron chi connectivity index (χ3n) is 4.04. The van der Waals surface area contributed by atoms with Crippen LogP contribution in [0, 0.1) is 6.92 Å². The smallest absolute Gasteiger partial charge is 0.310 e. The fraction of sp³-hybridized carbons (Fsp3) is 0.158. The highest BCUT2D eigenvalue weighted by Gasteiger charge is 2.30. The van der Waals surface area contributed by atoms with Gasteiger partial charge in [-0.2, -0.15) is 13.2 Å². The number of alkyl halides is 3. The average Bonchev–Trinajstić information content (AvgIpc) is 2.67. The Morgan fingerprint density at radius 2 is 1.63 bits per heavy atom. The molecule has 2 heterocycles. The number of benzene rings is 1. The zero-order chi connectivity index (χ0) is 19.6. The molecule has 0 fully saturated rings. The molecule has 2 aromatic heterocycles. The molecular weight excluding hydrogens is 357 g/mol. The normalized spacial score (nSPS) is 11.3. The lowest BCUT2D eigenvalue weighted by atomic mass is 10.1. The maximum Gasteiger partial charge on any atom is 0.416 e. The Labute approximate surface area is 153 Å². The monoisotopic (exact) mass is 372 g/mol. The lowest BCUT2D eigenvalue weighted by molar-refractivity contribution is -0.137. The van der Waals surface area contributed by atoms with Crippen LogP contribution >= 0.6 is 0 Å². The van der Waals surface area contributed by atoms with Gasteiger partial charge in [0.25, 0.3) is 5.91 Å². The number of aromatic nitrogens is 3. The first kappa shape index (κ1) is 18.5. The first-order chi connectivity index (χ1) is 12.8. The minimum absolute atomic E-state index is 0.207. The third-order valence-corrected chi connectivity index (χ3v) is 4.04. The fourth-order valence-electron chi connectivity index (χ4n) is 2.49. The van der Waals surface area contributed by atoms with Gasteiger partial charge >= 0.3 is 6.18 Å². The Kier molecular flexibility index (Phi) is 4.89. The van der Waals surface area contributed by atoms with E-state index < -0.39 is 17.6 Å². The van der Waals surface area contributed by atoms with Gasteiger partial charge in [0.15, 0.2) is 0 Å². The second-order valence-electron chi connectivity index (χ2n) is 5.90. The molecule has 0 saturated carbocycles. The number of nitrogens with zero attached hydrogens (tertiary/aromatic N) is 4.